The summed E-state index contributed by atoms with van der Waals surface area (Å²) in [6, 6.07) is 0. The fourth-order valence-corrected chi connectivity index (χ4v) is 4.29. The third kappa shape index (κ3) is 2.13. The molecule has 5 nitrogen and oxygen atoms in total. The molecule has 2 heterocycles. The van der Waals surface area contributed by atoms with E-state index in [1.54, 1.807) is 23.3 Å². The van der Waals surface area contributed by atoms with E-state index in [9.17, 15) is 13.2 Å². The highest BCUT2D eigenvalue weighted by atomic mass is 19.4. The summed E-state index contributed by atoms with van der Waals surface area (Å²) in [5.41, 5.74) is 0.985. The van der Waals surface area contributed by atoms with Crippen molar-refractivity contribution in [3.05, 3.63) is 42.1 Å². The van der Waals surface area contributed by atoms with Gasteiger partial charge >= 0.3 is 6.18 Å². The third-order valence-corrected chi connectivity index (χ3v) is 5.96. The number of halogens is 3. The summed E-state index contributed by atoms with van der Waals surface area (Å²) < 4.78 is 42.2. The van der Waals surface area contributed by atoms with E-state index in [0.29, 0.717) is 29.8 Å². The van der Waals surface area contributed by atoms with Crippen LogP contribution in [-0.4, -0.2) is 31.5 Å². The van der Waals surface area contributed by atoms with Crippen LogP contribution in [0.2, 0.25) is 0 Å². The number of alkyl halides is 3. The molecule has 0 radical (unpaired) electrons. The molecule has 2 atom stereocenters. The quantitative estimate of drug-likeness (QED) is 0.907. The van der Waals surface area contributed by atoms with Crippen LogP contribution < -0.4 is 5.32 Å². The molecule has 0 aromatic carbocycles. The van der Waals surface area contributed by atoms with Crippen molar-refractivity contribution in [3.8, 4) is 5.82 Å². The molecule has 2 saturated carbocycles. The lowest BCUT2D eigenvalue weighted by molar-refractivity contribution is -0.214. The maximum Gasteiger partial charge on any atom is 0.411 e. The number of fused-ring (bicyclic) bond motifs is 3. The zero-order chi connectivity index (χ0) is 18.1. The third-order valence-electron chi connectivity index (χ3n) is 5.96. The molecule has 2 fully saturated rings. The van der Waals surface area contributed by atoms with Gasteiger partial charge in [-0.2, -0.15) is 18.3 Å². The molecule has 8 heteroatoms. The maximum absolute atomic E-state index is 13.5. The Morgan fingerprint density at radius 2 is 2.12 bits per heavy atom. The molecule has 1 N–H and O–H groups in total. The van der Waals surface area contributed by atoms with Crippen LogP contribution in [0.5, 0.6) is 0 Å². The van der Waals surface area contributed by atoms with Crippen molar-refractivity contribution in [1.82, 2.24) is 25.1 Å². The molecule has 0 unspecified atom stereocenters. The highest BCUT2D eigenvalue weighted by Crippen LogP contribution is 2.58. The van der Waals surface area contributed by atoms with Gasteiger partial charge in [0, 0.05) is 23.9 Å². The Bertz CT molecular complexity index is 882. The first-order chi connectivity index (χ1) is 12.4. The topological polar surface area (TPSA) is 55.6 Å². The summed E-state index contributed by atoms with van der Waals surface area (Å²) in [6.45, 7) is 3.91. The number of aromatic nitrogens is 4. The fourth-order valence-electron chi connectivity index (χ4n) is 4.29. The SMILES string of the molecule is C=C(NC1(C(F)(F)F)CCC1)c1nn(-c2cnccn2)c2c1C[C@@H]1C[C@H]21. The van der Waals surface area contributed by atoms with Crippen LogP contribution in [0.25, 0.3) is 11.5 Å². The normalized spacial score (nSPS) is 25.2. The number of nitrogens with zero attached hydrogens (tertiary/aromatic N) is 4. The Morgan fingerprint density at radius 1 is 1.31 bits per heavy atom. The predicted octanol–water partition coefficient (Wildman–Crippen LogP) is 3.37. The molecule has 0 bridgehead atoms. The van der Waals surface area contributed by atoms with Crippen molar-refractivity contribution in [2.75, 3.05) is 0 Å². The van der Waals surface area contributed by atoms with Crippen LogP contribution in [0.15, 0.2) is 25.2 Å². The molecule has 0 aliphatic heterocycles. The molecule has 3 aliphatic rings. The average Bonchev–Trinajstić information content (AvgIpc) is 3.07. The second-order valence-electron chi connectivity index (χ2n) is 7.53. The van der Waals surface area contributed by atoms with Crippen molar-refractivity contribution >= 4 is 5.70 Å². The number of hydrogen-bond donors (Lipinski definition) is 1. The Morgan fingerprint density at radius 3 is 2.73 bits per heavy atom. The minimum atomic E-state index is -4.30. The Kier molecular flexibility index (Phi) is 3.10. The molecule has 136 valence electrons. The lowest BCUT2D eigenvalue weighted by Gasteiger charge is -2.44. The van der Waals surface area contributed by atoms with E-state index in [0.717, 1.165) is 24.1 Å². The van der Waals surface area contributed by atoms with Crippen LogP contribution in [0.4, 0.5) is 13.2 Å². The largest absolute Gasteiger partial charge is 0.411 e. The molecule has 0 saturated heterocycles. The van der Waals surface area contributed by atoms with Gasteiger partial charge in [0.15, 0.2) is 5.82 Å². The smallest absolute Gasteiger partial charge is 0.370 e. The van der Waals surface area contributed by atoms with E-state index < -0.39 is 11.7 Å². The van der Waals surface area contributed by atoms with E-state index in [-0.39, 0.29) is 18.5 Å². The van der Waals surface area contributed by atoms with E-state index in [1.807, 2.05) is 0 Å². The second kappa shape index (κ2) is 5.08. The lowest BCUT2D eigenvalue weighted by Crippen LogP contribution is -2.60. The van der Waals surface area contributed by atoms with E-state index in [2.05, 4.69) is 27.0 Å². The van der Waals surface area contributed by atoms with Gasteiger partial charge in [-0.15, -0.1) is 0 Å². The van der Waals surface area contributed by atoms with Crippen molar-refractivity contribution < 1.29 is 13.2 Å². The Hall–Kier alpha value is -2.38. The molecular formula is C18H18F3N5. The molecule has 5 rings (SSSR count). The Labute approximate surface area is 148 Å². The number of nitrogens with one attached hydrogen (secondary N) is 1. The van der Waals surface area contributed by atoms with Gasteiger partial charge in [-0.25, -0.2) is 9.67 Å². The zero-order valence-electron chi connectivity index (χ0n) is 14.1. The van der Waals surface area contributed by atoms with Gasteiger partial charge in [0.1, 0.15) is 11.2 Å². The first-order valence-corrected chi connectivity index (χ1v) is 8.82. The van der Waals surface area contributed by atoms with Gasteiger partial charge in [-0.3, -0.25) is 4.98 Å². The van der Waals surface area contributed by atoms with Crippen LogP contribution >= 0.6 is 0 Å². The summed E-state index contributed by atoms with van der Waals surface area (Å²) in [5, 5.41) is 7.27. The lowest BCUT2D eigenvalue weighted by atomic mass is 9.75. The van der Waals surface area contributed by atoms with Crippen molar-refractivity contribution in [1.29, 1.82) is 0 Å². The predicted molar refractivity (Wildman–Crippen MR) is 88.5 cm³/mol. The first-order valence-electron chi connectivity index (χ1n) is 8.82. The van der Waals surface area contributed by atoms with Crippen molar-refractivity contribution in [2.45, 2.75) is 49.7 Å². The van der Waals surface area contributed by atoms with Crippen LogP contribution in [-0.2, 0) is 6.42 Å². The molecule has 0 spiro atoms. The standard InChI is InChI=1S/C18H18F3N5/c1-10(24-17(3-2-4-17)18(19,20)21)15-13-8-11-7-12(11)16(13)26(25-15)14-9-22-5-6-23-14/h5-6,9,11-12,24H,1-4,7-8H2/t11-,12-/m0/s1. The average molecular weight is 361 g/mol. The molecule has 2 aromatic heterocycles. The summed E-state index contributed by atoms with van der Waals surface area (Å²) in [7, 11) is 0. The first kappa shape index (κ1) is 15.8. The minimum absolute atomic E-state index is 0.0772. The zero-order valence-corrected chi connectivity index (χ0v) is 14.1. The molecule has 2 aromatic rings. The molecule has 3 aliphatic carbocycles. The minimum Gasteiger partial charge on any atom is -0.370 e. The van der Waals surface area contributed by atoms with E-state index in [1.165, 1.54) is 0 Å². The van der Waals surface area contributed by atoms with E-state index >= 15 is 0 Å². The van der Waals surface area contributed by atoms with Gasteiger partial charge in [0.05, 0.1) is 17.6 Å². The highest BCUT2D eigenvalue weighted by Gasteiger charge is 2.59. The van der Waals surface area contributed by atoms with Crippen LogP contribution in [0.1, 0.15) is 48.6 Å². The fraction of sp³-hybridized carbons (Fsp3) is 0.500. The van der Waals surface area contributed by atoms with Crippen molar-refractivity contribution in [2.24, 2.45) is 5.92 Å². The van der Waals surface area contributed by atoms with Crippen LogP contribution in [0.3, 0.4) is 0 Å². The van der Waals surface area contributed by atoms with Gasteiger partial charge < -0.3 is 5.32 Å². The molecular weight excluding hydrogens is 343 g/mol. The number of rotatable bonds is 4. The summed E-state index contributed by atoms with van der Waals surface area (Å²) in [6.07, 6.45) is 3.15. The molecule has 0 amide bonds. The van der Waals surface area contributed by atoms with Gasteiger partial charge in [0.2, 0.25) is 0 Å². The maximum atomic E-state index is 13.5. The number of hydrogen-bond acceptors (Lipinski definition) is 4. The summed E-state index contributed by atoms with van der Waals surface area (Å²) in [4.78, 5) is 8.38. The highest BCUT2D eigenvalue weighted by molar-refractivity contribution is 5.66. The van der Waals surface area contributed by atoms with Gasteiger partial charge in [-0.05, 0) is 38.0 Å². The summed E-state index contributed by atoms with van der Waals surface area (Å²) >= 11 is 0. The van der Waals surface area contributed by atoms with Gasteiger partial charge in [-0.1, -0.05) is 6.58 Å². The summed E-state index contributed by atoms with van der Waals surface area (Å²) in [5.74, 6) is 1.57. The Balaban J connectivity index is 1.52. The van der Waals surface area contributed by atoms with Crippen molar-refractivity contribution in [3.63, 3.8) is 0 Å². The van der Waals surface area contributed by atoms with Gasteiger partial charge in [0.25, 0.3) is 0 Å². The van der Waals surface area contributed by atoms with E-state index in [4.69, 9.17) is 0 Å². The molecule has 26 heavy (non-hydrogen) atoms. The second-order valence-corrected chi connectivity index (χ2v) is 7.53. The van der Waals surface area contributed by atoms with Crippen LogP contribution in [0, 0.1) is 5.92 Å². The monoisotopic (exact) mass is 361 g/mol.